The van der Waals surface area contributed by atoms with Gasteiger partial charge in [0.1, 0.15) is 0 Å². The van der Waals surface area contributed by atoms with E-state index in [9.17, 15) is 9.59 Å². The summed E-state index contributed by atoms with van der Waals surface area (Å²) in [4.78, 5) is 30.6. The Bertz CT molecular complexity index is 761. The molecular formula is C15H18N4O2S2. The molecule has 0 aliphatic heterocycles. The minimum Gasteiger partial charge on any atom is -0.351 e. The fourth-order valence-electron chi connectivity index (χ4n) is 2.07. The molecule has 2 amide bonds. The summed E-state index contributed by atoms with van der Waals surface area (Å²) in [6, 6.07) is 3.97. The van der Waals surface area contributed by atoms with Gasteiger partial charge in [0, 0.05) is 16.7 Å². The number of thiophene rings is 1. The molecule has 0 radical (unpaired) electrons. The second-order valence-electron chi connectivity index (χ2n) is 5.71. The normalized spacial score (nSPS) is 15.3. The van der Waals surface area contributed by atoms with Crippen LogP contribution in [0.25, 0.3) is 10.6 Å². The summed E-state index contributed by atoms with van der Waals surface area (Å²) < 4.78 is 0. The van der Waals surface area contributed by atoms with Crippen LogP contribution in [0, 0.1) is 6.92 Å². The van der Waals surface area contributed by atoms with Gasteiger partial charge in [-0.3, -0.25) is 9.59 Å². The number of anilines is 1. The molecule has 3 rings (SSSR count). The van der Waals surface area contributed by atoms with E-state index in [0.717, 1.165) is 33.2 Å². The Kier molecular flexibility index (Phi) is 4.22. The number of carbonyl (C=O) groups is 2. The fourth-order valence-corrected chi connectivity index (χ4v) is 3.96. The predicted octanol–water partition coefficient (Wildman–Crippen LogP) is 2.25. The summed E-state index contributed by atoms with van der Waals surface area (Å²) in [5, 5.41) is 6.17. The Labute approximate surface area is 142 Å². The maximum absolute atomic E-state index is 12.0. The smallest absolute Gasteiger partial charge is 0.246 e. The third kappa shape index (κ3) is 3.60. The Balaban J connectivity index is 1.73. The van der Waals surface area contributed by atoms with Crippen molar-refractivity contribution >= 4 is 39.6 Å². The molecule has 4 N–H and O–H groups in total. The highest BCUT2D eigenvalue weighted by atomic mass is 32.1. The zero-order valence-electron chi connectivity index (χ0n) is 12.9. The number of amides is 2. The lowest BCUT2D eigenvalue weighted by atomic mass is 10.3. The molecule has 0 atom stereocenters. The van der Waals surface area contributed by atoms with E-state index >= 15 is 0 Å². The minimum atomic E-state index is -0.700. The van der Waals surface area contributed by atoms with Gasteiger partial charge in [-0.1, -0.05) is 0 Å². The van der Waals surface area contributed by atoms with Gasteiger partial charge in [0.15, 0.2) is 5.13 Å². The number of nitrogens with one attached hydrogen (secondary N) is 2. The zero-order valence-corrected chi connectivity index (χ0v) is 14.6. The first kappa shape index (κ1) is 16.1. The maximum atomic E-state index is 12.0. The number of hydrogen-bond acceptors (Lipinski definition) is 6. The first-order valence-corrected chi connectivity index (χ1v) is 8.92. The Morgan fingerprint density at radius 1 is 1.35 bits per heavy atom. The number of nitrogens with zero attached hydrogens (tertiary/aromatic N) is 1. The molecule has 0 spiro atoms. The van der Waals surface area contributed by atoms with Crippen LogP contribution in [0.15, 0.2) is 12.1 Å². The number of aromatic nitrogens is 1. The molecule has 8 heteroatoms. The third-order valence-corrected chi connectivity index (χ3v) is 5.64. The van der Waals surface area contributed by atoms with Crippen LogP contribution in [0.1, 0.15) is 29.5 Å². The van der Waals surface area contributed by atoms with Crippen LogP contribution in [-0.2, 0) is 16.1 Å². The lowest BCUT2D eigenvalue weighted by Crippen LogP contribution is -2.37. The largest absolute Gasteiger partial charge is 0.351 e. The number of nitrogens with two attached hydrogens (primary N) is 1. The summed E-state index contributed by atoms with van der Waals surface area (Å²) in [6.07, 6.45) is 1.46. The van der Waals surface area contributed by atoms with Crippen molar-refractivity contribution in [2.75, 3.05) is 5.32 Å². The summed E-state index contributed by atoms with van der Waals surface area (Å²) in [6.45, 7) is 3.99. The average molecular weight is 350 g/mol. The average Bonchev–Trinajstić information content (AvgIpc) is 2.93. The van der Waals surface area contributed by atoms with Crippen molar-refractivity contribution in [1.82, 2.24) is 10.3 Å². The number of hydrogen-bond donors (Lipinski definition) is 3. The molecular weight excluding hydrogens is 332 g/mol. The highest BCUT2D eigenvalue weighted by Gasteiger charge is 2.46. The second-order valence-corrected chi connectivity index (χ2v) is 8.08. The zero-order chi connectivity index (χ0) is 16.6. The molecule has 2 heterocycles. The molecule has 1 aliphatic rings. The van der Waals surface area contributed by atoms with Crippen molar-refractivity contribution in [2.45, 2.75) is 38.8 Å². The lowest BCUT2D eigenvalue weighted by Gasteiger charge is -2.06. The van der Waals surface area contributed by atoms with Crippen molar-refractivity contribution in [3.63, 3.8) is 0 Å². The van der Waals surface area contributed by atoms with Gasteiger partial charge in [0.2, 0.25) is 11.8 Å². The molecule has 0 bridgehead atoms. The van der Waals surface area contributed by atoms with Crippen molar-refractivity contribution in [2.24, 2.45) is 5.73 Å². The summed E-state index contributed by atoms with van der Waals surface area (Å²) >= 11 is 3.03. The van der Waals surface area contributed by atoms with Crippen molar-refractivity contribution in [1.29, 1.82) is 0 Å². The van der Waals surface area contributed by atoms with Crippen LogP contribution in [-0.4, -0.2) is 22.3 Å². The van der Waals surface area contributed by atoms with E-state index in [-0.39, 0.29) is 11.8 Å². The molecule has 122 valence electrons. The van der Waals surface area contributed by atoms with Gasteiger partial charge >= 0.3 is 0 Å². The third-order valence-electron chi connectivity index (χ3n) is 3.66. The molecule has 6 nitrogen and oxygen atoms in total. The van der Waals surface area contributed by atoms with Gasteiger partial charge in [-0.05, 0) is 31.9 Å². The minimum absolute atomic E-state index is 0.0504. The van der Waals surface area contributed by atoms with Crippen LogP contribution >= 0.6 is 22.7 Å². The molecule has 2 aromatic heterocycles. The number of aryl methyl sites for hydroxylation is 1. The highest BCUT2D eigenvalue weighted by molar-refractivity contribution is 7.18. The van der Waals surface area contributed by atoms with Gasteiger partial charge < -0.3 is 16.4 Å². The summed E-state index contributed by atoms with van der Waals surface area (Å²) in [5.41, 5.74) is 6.05. The van der Waals surface area contributed by atoms with E-state index in [2.05, 4.69) is 15.6 Å². The topological polar surface area (TPSA) is 97.1 Å². The van der Waals surface area contributed by atoms with Crippen molar-refractivity contribution in [3.05, 3.63) is 21.9 Å². The fraction of sp³-hybridized carbons (Fsp3) is 0.400. The molecule has 1 fully saturated rings. The molecule has 0 saturated heterocycles. The summed E-state index contributed by atoms with van der Waals surface area (Å²) in [7, 11) is 0. The second kappa shape index (κ2) is 6.03. The maximum Gasteiger partial charge on any atom is 0.246 e. The van der Waals surface area contributed by atoms with Gasteiger partial charge in [0.25, 0.3) is 0 Å². The van der Waals surface area contributed by atoms with E-state index in [4.69, 9.17) is 5.73 Å². The molecule has 0 aromatic carbocycles. The van der Waals surface area contributed by atoms with Gasteiger partial charge in [-0.25, -0.2) is 4.98 Å². The summed E-state index contributed by atoms with van der Waals surface area (Å²) in [5.74, 6) is -0.207. The van der Waals surface area contributed by atoms with Crippen LogP contribution in [0.5, 0.6) is 0 Å². The van der Waals surface area contributed by atoms with E-state index in [1.54, 1.807) is 11.3 Å². The SMILES string of the molecule is CC(=O)NCc1ccc(-c2nc(NC(=O)C3(N)CC3)sc2C)s1. The number of rotatable bonds is 5. The van der Waals surface area contributed by atoms with Crippen molar-refractivity contribution < 1.29 is 9.59 Å². The van der Waals surface area contributed by atoms with E-state index < -0.39 is 5.54 Å². The molecule has 2 aromatic rings. The lowest BCUT2D eigenvalue weighted by molar-refractivity contribution is -0.119. The molecule has 1 aliphatic carbocycles. The standard InChI is InChI=1S/C15H18N4O2S2/c1-8-12(11-4-3-10(23-11)7-17-9(2)20)18-14(22-8)19-13(21)15(16)5-6-15/h3-4H,5-7,16H2,1-2H3,(H,17,20)(H,18,19,21). The number of carbonyl (C=O) groups excluding carboxylic acids is 2. The Morgan fingerprint density at radius 3 is 2.74 bits per heavy atom. The van der Waals surface area contributed by atoms with E-state index in [1.165, 1.54) is 18.3 Å². The van der Waals surface area contributed by atoms with Crippen molar-refractivity contribution in [3.8, 4) is 10.6 Å². The van der Waals surface area contributed by atoms with Crippen LogP contribution in [0.4, 0.5) is 5.13 Å². The van der Waals surface area contributed by atoms with Crippen LogP contribution in [0.2, 0.25) is 0 Å². The predicted molar refractivity (Wildman–Crippen MR) is 92.5 cm³/mol. The van der Waals surface area contributed by atoms with Gasteiger partial charge in [-0.2, -0.15) is 0 Å². The van der Waals surface area contributed by atoms with Gasteiger partial charge in [-0.15, -0.1) is 22.7 Å². The van der Waals surface area contributed by atoms with Crippen LogP contribution < -0.4 is 16.4 Å². The quantitative estimate of drug-likeness (QED) is 0.770. The van der Waals surface area contributed by atoms with E-state index in [0.29, 0.717) is 11.7 Å². The van der Waals surface area contributed by atoms with Crippen LogP contribution in [0.3, 0.4) is 0 Å². The Hall–Kier alpha value is -1.77. The monoisotopic (exact) mass is 350 g/mol. The van der Waals surface area contributed by atoms with Gasteiger partial charge in [0.05, 0.1) is 22.7 Å². The highest BCUT2D eigenvalue weighted by Crippen LogP contribution is 2.37. The van der Waals surface area contributed by atoms with E-state index in [1.807, 2.05) is 19.1 Å². The number of thiazole rings is 1. The Morgan fingerprint density at radius 2 is 2.09 bits per heavy atom. The molecule has 1 saturated carbocycles. The first-order chi connectivity index (χ1) is 10.9. The molecule has 23 heavy (non-hydrogen) atoms. The molecule has 0 unspecified atom stereocenters. The first-order valence-electron chi connectivity index (χ1n) is 7.29.